The van der Waals surface area contributed by atoms with Crippen molar-refractivity contribution in [2.24, 2.45) is 0 Å². The van der Waals surface area contributed by atoms with Crippen LogP contribution in [0.3, 0.4) is 0 Å². The molecule has 10 heteroatoms. The van der Waals surface area contributed by atoms with Gasteiger partial charge in [0.25, 0.3) is 0 Å². The average Bonchev–Trinajstić information content (AvgIpc) is 2.71. The number of aliphatic hydroxyl groups is 6. The lowest BCUT2D eigenvalue weighted by Gasteiger charge is -2.43. The number of rotatable bonds is 6. The quantitative estimate of drug-likeness (QED) is 0.300. The van der Waals surface area contributed by atoms with Gasteiger partial charge in [0.15, 0.2) is 12.6 Å². The molecule has 2 aliphatic rings. The van der Waals surface area contributed by atoms with E-state index in [1.807, 2.05) is 30.3 Å². The Morgan fingerprint density at radius 2 is 1.54 bits per heavy atom. The second-order valence-electron chi connectivity index (χ2n) is 6.85. The van der Waals surface area contributed by atoms with Gasteiger partial charge in [-0.3, -0.25) is 0 Å². The molecule has 10 nitrogen and oxygen atoms in total. The van der Waals surface area contributed by atoms with E-state index in [1.54, 1.807) is 0 Å². The number of aliphatic hydroxyl groups excluding tert-OH is 6. The van der Waals surface area contributed by atoms with Crippen molar-refractivity contribution in [2.45, 2.75) is 61.9 Å². The number of hydrogen-bond donors (Lipinski definition) is 6. The molecule has 1 aromatic carbocycles. The van der Waals surface area contributed by atoms with Crippen molar-refractivity contribution in [3.8, 4) is 0 Å². The van der Waals surface area contributed by atoms with Gasteiger partial charge in [0, 0.05) is 0 Å². The Bertz CT molecular complexity index is 599. The second kappa shape index (κ2) is 9.55. The van der Waals surface area contributed by atoms with Crippen molar-refractivity contribution in [2.75, 3.05) is 13.2 Å². The molecule has 0 aliphatic carbocycles. The van der Waals surface area contributed by atoms with Crippen LogP contribution >= 0.6 is 0 Å². The van der Waals surface area contributed by atoms with Gasteiger partial charge in [-0.15, -0.1) is 0 Å². The van der Waals surface area contributed by atoms with E-state index in [1.165, 1.54) is 0 Å². The van der Waals surface area contributed by atoms with Gasteiger partial charge < -0.3 is 49.6 Å². The average molecular weight is 402 g/mol. The second-order valence-corrected chi connectivity index (χ2v) is 6.85. The molecule has 2 aliphatic heterocycles. The molecule has 6 N–H and O–H groups in total. The Morgan fingerprint density at radius 3 is 2.21 bits per heavy atom. The molecule has 0 aromatic heterocycles. The predicted molar refractivity (Wildman–Crippen MR) is 91.6 cm³/mol. The predicted octanol–water partition coefficient (Wildman–Crippen LogP) is -2.53. The van der Waals surface area contributed by atoms with Gasteiger partial charge in [0.1, 0.15) is 42.7 Å². The third-order valence-electron chi connectivity index (χ3n) is 4.85. The Labute approximate surface area is 161 Å². The van der Waals surface area contributed by atoms with Crippen LogP contribution < -0.4 is 0 Å². The molecule has 3 rings (SSSR count). The van der Waals surface area contributed by atoms with Gasteiger partial charge in [-0.2, -0.15) is 0 Å². The Hall–Kier alpha value is -1.18. The molecule has 1 aromatic rings. The lowest BCUT2D eigenvalue weighted by Crippen LogP contribution is -2.62. The van der Waals surface area contributed by atoms with Gasteiger partial charge in [0.2, 0.25) is 0 Å². The van der Waals surface area contributed by atoms with Crippen molar-refractivity contribution < 1.29 is 49.6 Å². The first kappa shape index (κ1) is 21.5. The molecule has 9 atom stereocenters. The fourth-order valence-electron chi connectivity index (χ4n) is 3.14. The summed E-state index contributed by atoms with van der Waals surface area (Å²) in [6.07, 6.45) is -12.3. The smallest absolute Gasteiger partial charge is 0.187 e. The molecule has 0 unspecified atom stereocenters. The first-order valence-corrected chi connectivity index (χ1v) is 9.01. The fourth-order valence-corrected chi connectivity index (χ4v) is 3.14. The van der Waals surface area contributed by atoms with Crippen LogP contribution in [-0.4, -0.2) is 99.2 Å². The highest BCUT2D eigenvalue weighted by molar-refractivity contribution is 5.13. The largest absolute Gasteiger partial charge is 0.394 e. The number of hydrogen-bond acceptors (Lipinski definition) is 10. The highest BCUT2D eigenvalue weighted by Crippen LogP contribution is 2.26. The Balaban J connectivity index is 1.55. The van der Waals surface area contributed by atoms with Crippen molar-refractivity contribution in [3.63, 3.8) is 0 Å². The van der Waals surface area contributed by atoms with Crippen molar-refractivity contribution >= 4 is 0 Å². The molecular formula is C18H26O10. The molecule has 0 amide bonds. The molecule has 0 spiro atoms. The van der Waals surface area contributed by atoms with Crippen LogP contribution in [0.15, 0.2) is 30.3 Å². The Kier molecular flexibility index (Phi) is 7.34. The molecule has 0 saturated carbocycles. The van der Waals surface area contributed by atoms with Gasteiger partial charge in [0.05, 0.1) is 19.8 Å². The van der Waals surface area contributed by atoms with E-state index in [0.29, 0.717) is 0 Å². The zero-order valence-corrected chi connectivity index (χ0v) is 15.0. The highest BCUT2D eigenvalue weighted by atomic mass is 16.7. The van der Waals surface area contributed by atoms with E-state index in [2.05, 4.69) is 0 Å². The van der Waals surface area contributed by atoms with E-state index in [-0.39, 0.29) is 13.2 Å². The maximum Gasteiger partial charge on any atom is 0.187 e. The summed E-state index contributed by atoms with van der Waals surface area (Å²) in [6.45, 7) is -0.604. The van der Waals surface area contributed by atoms with Crippen LogP contribution in [0.4, 0.5) is 0 Å². The summed E-state index contributed by atoms with van der Waals surface area (Å²) in [4.78, 5) is 0. The van der Waals surface area contributed by atoms with E-state index >= 15 is 0 Å². The molecule has 0 bridgehead atoms. The summed E-state index contributed by atoms with van der Waals surface area (Å²) in [5.74, 6) is 0. The number of benzene rings is 1. The monoisotopic (exact) mass is 402 g/mol. The molecule has 2 saturated heterocycles. The molecular weight excluding hydrogens is 376 g/mol. The summed E-state index contributed by atoms with van der Waals surface area (Å²) in [6, 6.07) is 9.24. The third kappa shape index (κ3) is 4.69. The topological polar surface area (TPSA) is 158 Å². The van der Waals surface area contributed by atoms with E-state index < -0.39 is 61.9 Å². The minimum Gasteiger partial charge on any atom is -0.394 e. The molecule has 158 valence electrons. The van der Waals surface area contributed by atoms with Gasteiger partial charge in [-0.25, -0.2) is 0 Å². The van der Waals surface area contributed by atoms with Crippen LogP contribution in [-0.2, 0) is 25.6 Å². The van der Waals surface area contributed by atoms with Crippen LogP contribution in [0.2, 0.25) is 0 Å². The third-order valence-corrected chi connectivity index (χ3v) is 4.85. The van der Waals surface area contributed by atoms with E-state index in [4.69, 9.17) is 18.9 Å². The highest BCUT2D eigenvalue weighted by Gasteiger charge is 2.47. The van der Waals surface area contributed by atoms with E-state index in [0.717, 1.165) is 5.56 Å². The van der Waals surface area contributed by atoms with Crippen LogP contribution in [0.5, 0.6) is 0 Å². The number of ether oxygens (including phenoxy) is 4. The maximum atomic E-state index is 10.3. The van der Waals surface area contributed by atoms with Crippen LogP contribution in [0.1, 0.15) is 5.56 Å². The lowest BCUT2D eigenvalue weighted by molar-refractivity contribution is -0.344. The molecule has 2 fully saturated rings. The summed E-state index contributed by atoms with van der Waals surface area (Å²) >= 11 is 0. The zero-order valence-electron chi connectivity index (χ0n) is 15.0. The van der Waals surface area contributed by atoms with E-state index in [9.17, 15) is 30.6 Å². The molecule has 0 radical (unpaired) electrons. The van der Waals surface area contributed by atoms with Gasteiger partial charge in [-0.05, 0) is 5.56 Å². The molecule has 28 heavy (non-hydrogen) atoms. The minimum atomic E-state index is -1.62. The van der Waals surface area contributed by atoms with Crippen LogP contribution in [0.25, 0.3) is 0 Å². The maximum absolute atomic E-state index is 10.3. The minimum absolute atomic E-state index is 0.174. The van der Waals surface area contributed by atoms with Gasteiger partial charge >= 0.3 is 0 Å². The first-order chi connectivity index (χ1) is 13.4. The summed E-state index contributed by atoms with van der Waals surface area (Å²) in [5.41, 5.74) is 0.868. The standard InChI is InChI=1S/C18H26O10/c19-6-10-12(20)14(22)16(24)18(27-10)28-11-8-26-17(15(23)13(11)21)25-7-9-4-2-1-3-5-9/h1-5,10-24H,6-8H2/t10-,11-,12+,13-,14+,15-,16-,17+,18-/m1/s1. The normalized spacial score (nSPS) is 41.7. The molecule has 2 heterocycles. The fraction of sp³-hybridized carbons (Fsp3) is 0.667. The van der Waals surface area contributed by atoms with Crippen molar-refractivity contribution in [3.05, 3.63) is 35.9 Å². The summed E-state index contributed by atoms with van der Waals surface area (Å²) < 4.78 is 21.6. The van der Waals surface area contributed by atoms with Crippen molar-refractivity contribution in [1.82, 2.24) is 0 Å². The first-order valence-electron chi connectivity index (χ1n) is 9.01. The Morgan fingerprint density at radius 1 is 0.857 bits per heavy atom. The summed E-state index contributed by atoms with van der Waals surface area (Å²) in [7, 11) is 0. The summed E-state index contributed by atoms with van der Waals surface area (Å²) in [5, 5.41) is 59.4. The van der Waals surface area contributed by atoms with Gasteiger partial charge in [-0.1, -0.05) is 30.3 Å². The zero-order chi connectivity index (χ0) is 20.3. The lowest BCUT2D eigenvalue weighted by atomic mass is 9.99. The van der Waals surface area contributed by atoms with Crippen molar-refractivity contribution in [1.29, 1.82) is 0 Å². The SMILES string of the molecule is OC[C@H]1O[C@H](O[C@@H]2CO[C@H](OCc3ccccc3)[C@H](O)[C@@H]2O)[C@H](O)[C@@H](O)[C@H]1O. The van der Waals surface area contributed by atoms with Crippen LogP contribution in [0, 0.1) is 0 Å².